The average molecular weight is 346 g/mol. The van der Waals surface area contributed by atoms with Crippen molar-refractivity contribution in [3.63, 3.8) is 0 Å². The quantitative estimate of drug-likeness (QED) is 0.900. The summed E-state index contributed by atoms with van der Waals surface area (Å²) in [5.41, 5.74) is 0.0601. The van der Waals surface area contributed by atoms with E-state index in [0.717, 1.165) is 15.4 Å². The number of thiophene rings is 1. The summed E-state index contributed by atoms with van der Waals surface area (Å²) in [4.78, 5) is 12.6. The zero-order valence-corrected chi connectivity index (χ0v) is 12.2. The highest BCUT2D eigenvalue weighted by atomic mass is 79.9. The molecule has 1 aromatic carbocycles. The molecular formula is C13H10BrF2NOS. The van der Waals surface area contributed by atoms with Crippen LogP contribution >= 0.6 is 27.3 Å². The second kappa shape index (κ2) is 6.25. The lowest BCUT2D eigenvalue weighted by Gasteiger charge is -2.05. The van der Waals surface area contributed by atoms with Gasteiger partial charge in [0.2, 0.25) is 5.91 Å². The number of nitrogens with one attached hydrogen (secondary N) is 1. The maximum Gasteiger partial charge on any atom is 0.224 e. The summed E-state index contributed by atoms with van der Waals surface area (Å²) in [6.45, 7) is 0.381. The molecule has 1 heterocycles. The molecule has 0 radical (unpaired) electrons. The summed E-state index contributed by atoms with van der Waals surface area (Å²) in [6.07, 6.45) is -0.170. The van der Waals surface area contributed by atoms with Crippen LogP contribution < -0.4 is 5.32 Å². The van der Waals surface area contributed by atoms with Gasteiger partial charge in [-0.2, -0.15) is 0 Å². The standard InChI is InChI=1S/C13H10BrF2NOS/c14-9-5-10(19-7-9)6-17-12(18)4-8-2-1-3-11(15)13(8)16/h1-3,5,7H,4,6H2,(H,17,18). The Bertz CT molecular complexity index is 600. The molecule has 19 heavy (non-hydrogen) atoms. The largest absolute Gasteiger partial charge is 0.351 e. The van der Waals surface area contributed by atoms with E-state index in [1.54, 1.807) is 0 Å². The van der Waals surface area contributed by atoms with Crippen LogP contribution in [-0.4, -0.2) is 5.91 Å². The summed E-state index contributed by atoms with van der Waals surface area (Å²) in [5.74, 6) is -2.24. The Balaban J connectivity index is 1.92. The SMILES string of the molecule is O=C(Cc1cccc(F)c1F)NCc1cc(Br)cs1. The van der Waals surface area contributed by atoms with Crippen LogP contribution in [0.15, 0.2) is 34.1 Å². The Kier molecular flexibility index (Phi) is 4.66. The monoisotopic (exact) mass is 345 g/mol. The van der Waals surface area contributed by atoms with Crippen LogP contribution in [0.3, 0.4) is 0 Å². The number of amides is 1. The van der Waals surface area contributed by atoms with E-state index in [-0.39, 0.29) is 17.9 Å². The van der Waals surface area contributed by atoms with Crippen molar-refractivity contribution in [3.05, 3.63) is 56.2 Å². The van der Waals surface area contributed by atoms with E-state index in [2.05, 4.69) is 21.2 Å². The highest BCUT2D eigenvalue weighted by Crippen LogP contribution is 2.19. The van der Waals surface area contributed by atoms with Gasteiger partial charge in [0.25, 0.3) is 0 Å². The van der Waals surface area contributed by atoms with Gasteiger partial charge < -0.3 is 5.32 Å². The van der Waals surface area contributed by atoms with E-state index in [4.69, 9.17) is 0 Å². The Morgan fingerprint density at radius 2 is 2.16 bits per heavy atom. The molecule has 0 aliphatic rings. The molecule has 6 heteroatoms. The minimum Gasteiger partial charge on any atom is -0.351 e. The average Bonchev–Trinajstić information content (AvgIpc) is 2.78. The topological polar surface area (TPSA) is 29.1 Å². The third-order valence-corrected chi connectivity index (χ3v) is 4.16. The van der Waals surface area contributed by atoms with Crippen LogP contribution in [-0.2, 0) is 17.8 Å². The minimum absolute atomic E-state index is 0.0601. The Labute approximate surface area is 121 Å². The van der Waals surface area contributed by atoms with E-state index < -0.39 is 11.6 Å². The van der Waals surface area contributed by atoms with Crippen molar-refractivity contribution in [1.29, 1.82) is 0 Å². The Hall–Kier alpha value is -1.27. The molecule has 1 aromatic heterocycles. The van der Waals surface area contributed by atoms with Crippen molar-refractivity contribution in [3.8, 4) is 0 Å². The molecule has 1 N–H and O–H groups in total. The Morgan fingerprint density at radius 1 is 1.37 bits per heavy atom. The van der Waals surface area contributed by atoms with Crippen molar-refractivity contribution in [1.82, 2.24) is 5.32 Å². The lowest BCUT2D eigenvalue weighted by molar-refractivity contribution is -0.120. The molecule has 0 aliphatic carbocycles. The fourth-order valence-electron chi connectivity index (χ4n) is 1.55. The lowest BCUT2D eigenvalue weighted by atomic mass is 10.1. The van der Waals surface area contributed by atoms with Gasteiger partial charge in [-0.3, -0.25) is 4.79 Å². The van der Waals surface area contributed by atoms with Gasteiger partial charge in [0.15, 0.2) is 11.6 Å². The molecule has 0 saturated heterocycles. The molecule has 0 atom stereocenters. The van der Waals surface area contributed by atoms with E-state index in [9.17, 15) is 13.6 Å². The van der Waals surface area contributed by atoms with Gasteiger partial charge in [0.05, 0.1) is 13.0 Å². The summed E-state index contributed by atoms with van der Waals surface area (Å²) in [5, 5.41) is 4.58. The maximum absolute atomic E-state index is 13.4. The van der Waals surface area contributed by atoms with Crippen molar-refractivity contribution in [2.24, 2.45) is 0 Å². The number of hydrogen-bond donors (Lipinski definition) is 1. The molecular weight excluding hydrogens is 336 g/mol. The van der Waals surface area contributed by atoms with Crippen molar-refractivity contribution in [2.75, 3.05) is 0 Å². The molecule has 0 aliphatic heterocycles. The molecule has 0 unspecified atom stereocenters. The number of carbonyl (C=O) groups excluding carboxylic acids is 1. The first-order valence-electron chi connectivity index (χ1n) is 5.49. The van der Waals surface area contributed by atoms with Gasteiger partial charge in [0, 0.05) is 20.3 Å². The first-order valence-corrected chi connectivity index (χ1v) is 7.16. The molecule has 0 fully saturated rings. The molecule has 0 bridgehead atoms. The molecule has 2 aromatic rings. The van der Waals surface area contributed by atoms with Crippen LogP contribution in [0, 0.1) is 11.6 Å². The summed E-state index contributed by atoms with van der Waals surface area (Å²) in [6, 6.07) is 5.71. The van der Waals surface area contributed by atoms with Crippen molar-refractivity contribution in [2.45, 2.75) is 13.0 Å². The fourth-order valence-corrected chi connectivity index (χ4v) is 2.94. The maximum atomic E-state index is 13.4. The number of benzene rings is 1. The molecule has 2 rings (SSSR count). The minimum atomic E-state index is -0.962. The predicted octanol–water partition coefficient (Wildman–Crippen LogP) is 3.65. The first-order chi connectivity index (χ1) is 9.06. The second-order valence-electron chi connectivity index (χ2n) is 3.90. The molecule has 0 spiro atoms. The van der Waals surface area contributed by atoms with E-state index in [0.29, 0.717) is 6.54 Å². The number of halogens is 3. The van der Waals surface area contributed by atoms with Gasteiger partial charge in [-0.05, 0) is 28.1 Å². The highest BCUT2D eigenvalue weighted by molar-refractivity contribution is 9.10. The van der Waals surface area contributed by atoms with Crippen LogP contribution in [0.4, 0.5) is 8.78 Å². The van der Waals surface area contributed by atoms with Gasteiger partial charge >= 0.3 is 0 Å². The summed E-state index contributed by atoms with van der Waals surface area (Å²) >= 11 is 4.82. The van der Waals surface area contributed by atoms with Crippen molar-refractivity contribution < 1.29 is 13.6 Å². The fraction of sp³-hybridized carbons (Fsp3) is 0.154. The Morgan fingerprint density at radius 3 is 2.84 bits per heavy atom. The third-order valence-electron chi connectivity index (χ3n) is 2.46. The van der Waals surface area contributed by atoms with Gasteiger partial charge in [-0.15, -0.1) is 11.3 Å². The normalized spacial score (nSPS) is 10.5. The number of rotatable bonds is 4. The number of carbonyl (C=O) groups is 1. The highest BCUT2D eigenvalue weighted by Gasteiger charge is 2.11. The van der Waals surface area contributed by atoms with Gasteiger partial charge in [-0.1, -0.05) is 12.1 Å². The lowest BCUT2D eigenvalue weighted by Crippen LogP contribution is -2.24. The van der Waals surface area contributed by atoms with E-state index >= 15 is 0 Å². The summed E-state index contributed by atoms with van der Waals surface area (Å²) < 4.78 is 27.3. The molecule has 1 amide bonds. The molecule has 100 valence electrons. The number of hydrogen-bond acceptors (Lipinski definition) is 2. The first kappa shape index (κ1) is 14.1. The summed E-state index contributed by atoms with van der Waals surface area (Å²) in [7, 11) is 0. The second-order valence-corrected chi connectivity index (χ2v) is 5.81. The van der Waals surface area contributed by atoms with E-state index in [1.807, 2.05) is 11.4 Å². The van der Waals surface area contributed by atoms with Crippen LogP contribution in [0.5, 0.6) is 0 Å². The smallest absolute Gasteiger partial charge is 0.224 e. The van der Waals surface area contributed by atoms with E-state index in [1.165, 1.54) is 23.5 Å². The van der Waals surface area contributed by atoms with Crippen LogP contribution in [0.25, 0.3) is 0 Å². The van der Waals surface area contributed by atoms with Crippen LogP contribution in [0.2, 0.25) is 0 Å². The zero-order chi connectivity index (χ0) is 13.8. The predicted molar refractivity (Wildman–Crippen MR) is 73.9 cm³/mol. The van der Waals surface area contributed by atoms with Crippen LogP contribution in [0.1, 0.15) is 10.4 Å². The van der Waals surface area contributed by atoms with Gasteiger partial charge in [0.1, 0.15) is 0 Å². The third kappa shape index (κ3) is 3.84. The molecule has 2 nitrogen and oxygen atoms in total. The van der Waals surface area contributed by atoms with Crippen molar-refractivity contribution >= 4 is 33.2 Å². The zero-order valence-electron chi connectivity index (χ0n) is 9.75. The van der Waals surface area contributed by atoms with Gasteiger partial charge in [-0.25, -0.2) is 8.78 Å². The molecule has 0 saturated carbocycles.